The minimum absolute atomic E-state index is 0.0462. The molecule has 4 rings (SSSR count). The number of carbonyl (C=O) groups excluding carboxylic acids is 2. The van der Waals surface area contributed by atoms with E-state index in [0.717, 1.165) is 45.4 Å². The van der Waals surface area contributed by atoms with Crippen molar-refractivity contribution in [3.63, 3.8) is 0 Å². The van der Waals surface area contributed by atoms with E-state index >= 15 is 0 Å². The van der Waals surface area contributed by atoms with E-state index in [4.69, 9.17) is 0 Å². The highest BCUT2D eigenvalue weighted by atomic mass is 16.2. The van der Waals surface area contributed by atoms with Crippen LogP contribution in [0, 0.1) is 0 Å². The van der Waals surface area contributed by atoms with E-state index in [-0.39, 0.29) is 11.9 Å². The first-order chi connectivity index (χ1) is 11.7. The topological polar surface area (TPSA) is 64.7 Å². The van der Waals surface area contributed by atoms with Crippen LogP contribution in [-0.4, -0.2) is 66.5 Å². The Kier molecular flexibility index (Phi) is 4.14. The Morgan fingerprint density at radius 2 is 1.79 bits per heavy atom. The first-order valence-corrected chi connectivity index (χ1v) is 8.85. The Morgan fingerprint density at radius 1 is 1.04 bits per heavy atom. The Morgan fingerprint density at radius 3 is 2.46 bits per heavy atom. The number of rotatable bonds is 2. The van der Waals surface area contributed by atoms with Gasteiger partial charge in [0.05, 0.1) is 0 Å². The monoisotopic (exact) mass is 328 g/mol. The summed E-state index contributed by atoms with van der Waals surface area (Å²) in [6, 6.07) is 8.62. The lowest BCUT2D eigenvalue weighted by Crippen LogP contribution is -2.47. The Hall–Kier alpha value is -2.08. The quantitative estimate of drug-likeness (QED) is 0.824. The number of hydrogen-bond donors (Lipinski definition) is 2. The third-order valence-electron chi connectivity index (χ3n) is 5.46. The van der Waals surface area contributed by atoms with Crippen molar-refractivity contribution in [2.75, 3.05) is 32.7 Å². The maximum absolute atomic E-state index is 12.6. The van der Waals surface area contributed by atoms with Gasteiger partial charge in [-0.15, -0.1) is 0 Å². The smallest absolute Gasteiger partial charge is 0.315 e. The summed E-state index contributed by atoms with van der Waals surface area (Å²) < 4.78 is 0. The third kappa shape index (κ3) is 2.98. The fourth-order valence-electron chi connectivity index (χ4n) is 4.14. The molecule has 3 aliphatic rings. The van der Waals surface area contributed by atoms with Crippen molar-refractivity contribution in [3.8, 4) is 0 Å². The lowest BCUT2D eigenvalue weighted by molar-refractivity contribution is -0.132. The molecule has 6 heteroatoms. The van der Waals surface area contributed by atoms with Crippen LogP contribution >= 0.6 is 0 Å². The molecule has 2 N–H and O–H groups in total. The maximum Gasteiger partial charge on any atom is 0.315 e. The van der Waals surface area contributed by atoms with Gasteiger partial charge in [0.2, 0.25) is 5.91 Å². The van der Waals surface area contributed by atoms with Crippen molar-refractivity contribution in [1.82, 2.24) is 20.4 Å². The van der Waals surface area contributed by atoms with Gasteiger partial charge >= 0.3 is 6.03 Å². The molecule has 3 amide bonds. The Bertz CT molecular complexity index is 623. The molecule has 6 nitrogen and oxygen atoms in total. The summed E-state index contributed by atoms with van der Waals surface area (Å²) in [5.41, 5.74) is 2.94. The molecule has 24 heavy (non-hydrogen) atoms. The second-order valence-corrected chi connectivity index (χ2v) is 6.95. The summed E-state index contributed by atoms with van der Waals surface area (Å²) in [5, 5.41) is 5.36. The molecular weight excluding hydrogens is 304 g/mol. The number of nitrogens with zero attached hydrogens (tertiary/aromatic N) is 2. The van der Waals surface area contributed by atoms with Crippen molar-refractivity contribution in [2.24, 2.45) is 0 Å². The van der Waals surface area contributed by atoms with Crippen molar-refractivity contribution < 1.29 is 9.59 Å². The predicted octanol–water partition coefficient (Wildman–Crippen LogP) is 0.370. The standard InChI is InChI=1S/C18H24N4O2/c23-17(16-12-19-18(24)20-16)22-7-3-6-21(8-9-22)15-10-13-4-1-2-5-14(13)11-15/h1-2,4-5,15-16H,3,6-12H2,(H2,19,20,24)/t16-/m0/s1. The fraction of sp³-hybridized carbons (Fsp3) is 0.556. The van der Waals surface area contributed by atoms with Gasteiger partial charge in [0.15, 0.2) is 0 Å². The van der Waals surface area contributed by atoms with Crippen LogP contribution in [0.5, 0.6) is 0 Å². The minimum Gasteiger partial charge on any atom is -0.340 e. The van der Waals surface area contributed by atoms with Crippen LogP contribution < -0.4 is 10.6 Å². The zero-order valence-electron chi connectivity index (χ0n) is 13.8. The van der Waals surface area contributed by atoms with Gasteiger partial charge in [-0.3, -0.25) is 9.69 Å². The zero-order chi connectivity index (χ0) is 16.5. The number of urea groups is 1. The van der Waals surface area contributed by atoms with Crippen LogP contribution in [0.2, 0.25) is 0 Å². The van der Waals surface area contributed by atoms with Gasteiger partial charge in [-0.05, 0) is 30.4 Å². The summed E-state index contributed by atoms with van der Waals surface area (Å²) in [6.45, 7) is 3.88. The van der Waals surface area contributed by atoms with E-state index in [0.29, 0.717) is 12.6 Å². The highest BCUT2D eigenvalue weighted by molar-refractivity contribution is 5.90. The first kappa shape index (κ1) is 15.4. The summed E-state index contributed by atoms with van der Waals surface area (Å²) in [6.07, 6.45) is 3.23. The largest absolute Gasteiger partial charge is 0.340 e. The number of benzene rings is 1. The molecule has 2 fully saturated rings. The van der Waals surface area contributed by atoms with Gasteiger partial charge in [-0.25, -0.2) is 4.79 Å². The van der Waals surface area contributed by atoms with E-state index in [1.54, 1.807) is 0 Å². The van der Waals surface area contributed by atoms with Crippen LogP contribution in [-0.2, 0) is 17.6 Å². The molecule has 2 heterocycles. The number of carbonyl (C=O) groups is 2. The van der Waals surface area contributed by atoms with Crippen LogP contribution in [0.15, 0.2) is 24.3 Å². The normalized spacial score (nSPS) is 25.1. The lowest BCUT2D eigenvalue weighted by atomic mass is 10.1. The Balaban J connectivity index is 1.35. The van der Waals surface area contributed by atoms with Gasteiger partial charge in [0, 0.05) is 38.8 Å². The van der Waals surface area contributed by atoms with E-state index in [2.05, 4.69) is 39.8 Å². The van der Waals surface area contributed by atoms with Crippen LogP contribution in [0.4, 0.5) is 4.79 Å². The molecule has 1 aromatic carbocycles. The van der Waals surface area contributed by atoms with E-state index in [1.807, 2.05) is 4.90 Å². The molecule has 0 bridgehead atoms. The number of nitrogens with one attached hydrogen (secondary N) is 2. The molecule has 2 saturated heterocycles. The maximum atomic E-state index is 12.6. The minimum atomic E-state index is -0.403. The Labute approximate surface area is 142 Å². The van der Waals surface area contributed by atoms with Gasteiger partial charge in [-0.1, -0.05) is 24.3 Å². The SMILES string of the molecule is O=C1NC[C@@H](C(=O)N2CCCN(C3Cc4ccccc4C3)CC2)N1. The van der Waals surface area contributed by atoms with Gasteiger partial charge in [0.1, 0.15) is 6.04 Å². The lowest BCUT2D eigenvalue weighted by Gasteiger charge is -2.27. The van der Waals surface area contributed by atoms with E-state index in [1.165, 1.54) is 11.1 Å². The van der Waals surface area contributed by atoms with E-state index in [9.17, 15) is 9.59 Å². The molecule has 1 aromatic rings. The summed E-state index contributed by atoms with van der Waals surface area (Å²) in [4.78, 5) is 28.3. The third-order valence-corrected chi connectivity index (χ3v) is 5.46. The number of fused-ring (bicyclic) bond motifs is 1. The summed E-state index contributed by atoms with van der Waals surface area (Å²) in [7, 11) is 0. The van der Waals surface area contributed by atoms with Crippen LogP contribution in [0.1, 0.15) is 17.5 Å². The molecule has 128 valence electrons. The van der Waals surface area contributed by atoms with E-state index < -0.39 is 6.04 Å². The first-order valence-electron chi connectivity index (χ1n) is 8.85. The van der Waals surface area contributed by atoms with Gasteiger partial charge in [-0.2, -0.15) is 0 Å². The molecule has 0 saturated carbocycles. The number of hydrogen-bond acceptors (Lipinski definition) is 3. The van der Waals surface area contributed by atoms with Gasteiger partial charge in [0.25, 0.3) is 0 Å². The molecule has 2 aliphatic heterocycles. The summed E-state index contributed by atoms with van der Waals surface area (Å²) >= 11 is 0. The fourth-order valence-corrected chi connectivity index (χ4v) is 4.14. The van der Waals surface area contributed by atoms with Crippen molar-refractivity contribution in [2.45, 2.75) is 31.3 Å². The van der Waals surface area contributed by atoms with Crippen LogP contribution in [0.3, 0.4) is 0 Å². The molecule has 0 aromatic heterocycles. The molecular formula is C18H24N4O2. The van der Waals surface area contributed by atoms with Crippen molar-refractivity contribution >= 4 is 11.9 Å². The average molecular weight is 328 g/mol. The molecule has 1 aliphatic carbocycles. The molecule has 1 atom stereocenters. The highest BCUT2D eigenvalue weighted by Crippen LogP contribution is 2.26. The van der Waals surface area contributed by atoms with Gasteiger partial charge < -0.3 is 15.5 Å². The molecule has 0 radical (unpaired) electrons. The van der Waals surface area contributed by atoms with Crippen LogP contribution in [0.25, 0.3) is 0 Å². The molecule has 0 spiro atoms. The van der Waals surface area contributed by atoms with Crippen molar-refractivity contribution in [3.05, 3.63) is 35.4 Å². The van der Waals surface area contributed by atoms with Crippen molar-refractivity contribution in [1.29, 1.82) is 0 Å². The number of amides is 3. The predicted molar refractivity (Wildman–Crippen MR) is 90.7 cm³/mol. The second-order valence-electron chi connectivity index (χ2n) is 6.95. The second kappa shape index (κ2) is 6.43. The highest BCUT2D eigenvalue weighted by Gasteiger charge is 2.33. The molecule has 0 unspecified atom stereocenters. The average Bonchev–Trinajstić information content (AvgIpc) is 3.13. The summed E-state index contributed by atoms with van der Waals surface area (Å²) in [5.74, 6) is 0.0462. The zero-order valence-corrected chi connectivity index (χ0v) is 13.8.